The average Bonchev–Trinajstić information content (AvgIpc) is 3.31. The predicted molar refractivity (Wildman–Crippen MR) is 102 cm³/mol. The molecule has 0 aromatic carbocycles. The number of nitrogens with one attached hydrogen (secondary N) is 1. The summed E-state index contributed by atoms with van der Waals surface area (Å²) in [7, 11) is 1.88. The summed E-state index contributed by atoms with van der Waals surface area (Å²) >= 11 is 0. The van der Waals surface area contributed by atoms with Crippen molar-refractivity contribution in [1.82, 2.24) is 29.5 Å². The van der Waals surface area contributed by atoms with E-state index in [1.807, 2.05) is 54.5 Å². The van der Waals surface area contributed by atoms with E-state index >= 15 is 0 Å². The lowest BCUT2D eigenvalue weighted by molar-refractivity contribution is 0.0939. The smallest absolute Gasteiger partial charge is 0.267 e. The third-order valence-corrected chi connectivity index (χ3v) is 5.00. The van der Waals surface area contributed by atoms with E-state index in [0.717, 1.165) is 31.7 Å². The first-order chi connectivity index (χ1) is 13.2. The highest BCUT2D eigenvalue weighted by atomic mass is 16.1. The summed E-state index contributed by atoms with van der Waals surface area (Å²) in [5.74, 6) is -0.0376. The van der Waals surface area contributed by atoms with Gasteiger partial charge in [0.15, 0.2) is 0 Å². The summed E-state index contributed by atoms with van der Waals surface area (Å²) in [6, 6.07) is 12.0. The van der Waals surface area contributed by atoms with Crippen LogP contribution >= 0.6 is 0 Å². The van der Waals surface area contributed by atoms with E-state index in [-0.39, 0.29) is 11.9 Å². The van der Waals surface area contributed by atoms with Gasteiger partial charge in [0.1, 0.15) is 5.69 Å². The number of amides is 1. The second-order valence-corrected chi connectivity index (χ2v) is 6.96. The summed E-state index contributed by atoms with van der Waals surface area (Å²) in [5, 5.41) is 7.53. The molecule has 0 unspecified atom stereocenters. The lowest BCUT2D eigenvalue weighted by Crippen LogP contribution is -2.39. The summed E-state index contributed by atoms with van der Waals surface area (Å²) in [5.41, 5.74) is 2.95. The van der Waals surface area contributed by atoms with Crippen molar-refractivity contribution in [3.8, 4) is 0 Å². The van der Waals surface area contributed by atoms with Gasteiger partial charge >= 0.3 is 0 Å². The number of hydrogen-bond acceptors (Lipinski definition) is 4. The van der Waals surface area contributed by atoms with Crippen LogP contribution in [0.4, 0.5) is 0 Å². The maximum absolute atomic E-state index is 12.3. The Bertz CT molecular complexity index is 900. The number of fused-ring (bicyclic) bond motifs is 1. The van der Waals surface area contributed by atoms with Crippen molar-refractivity contribution >= 4 is 5.91 Å². The van der Waals surface area contributed by atoms with Gasteiger partial charge in [-0.05, 0) is 36.8 Å². The summed E-state index contributed by atoms with van der Waals surface area (Å²) in [4.78, 5) is 19.1. The minimum atomic E-state index is -0.0376. The fourth-order valence-corrected chi connectivity index (χ4v) is 3.66. The third kappa shape index (κ3) is 3.93. The van der Waals surface area contributed by atoms with Crippen molar-refractivity contribution in [3.05, 3.63) is 72.1 Å². The molecule has 1 amide bonds. The monoisotopic (exact) mass is 364 g/mol. The maximum atomic E-state index is 12.3. The molecule has 0 saturated heterocycles. The molecule has 7 heteroatoms. The van der Waals surface area contributed by atoms with Crippen LogP contribution in [0, 0.1) is 0 Å². The Balaban J connectivity index is 1.38. The molecule has 0 radical (unpaired) electrons. The Morgan fingerprint density at radius 3 is 2.93 bits per heavy atom. The highest BCUT2D eigenvalue weighted by Gasteiger charge is 2.25. The van der Waals surface area contributed by atoms with Gasteiger partial charge in [-0.25, -0.2) is 0 Å². The molecule has 0 fully saturated rings. The Kier molecular flexibility index (Phi) is 5.02. The Morgan fingerprint density at radius 1 is 1.22 bits per heavy atom. The molecule has 0 bridgehead atoms. The molecule has 3 aromatic rings. The van der Waals surface area contributed by atoms with Gasteiger partial charge in [-0.3, -0.25) is 19.4 Å². The molecule has 4 heterocycles. The topological polar surface area (TPSA) is 68.0 Å². The molecule has 0 aliphatic carbocycles. The third-order valence-electron chi connectivity index (χ3n) is 5.00. The SMILES string of the molecule is Cn1cccc1C(=O)NCC[C@H]1CN(Cc2ccccn2)Cc2ccnn21. The van der Waals surface area contributed by atoms with Gasteiger partial charge < -0.3 is 9.88 Å². The number of carbonyl (C=O) groups is 1. The molecular formula is C20H24N6O. The number of nitrogens with zero attached hydrogens (tertiary/aromatic N) is 5. The van der Waals surface area contributed by atoms with Gasteiger partial charge in [-0.1, -0.05) is 6.07 Å². The van der Waals surface area contributed by atoms with Gasteiger partial charge in [-0.2, -0.15) is 5.10 Å². The van der Waals surface area contributed by atoms with Gasteiger partial charge in [-0.15, -0.1) is 0 Å². The van der Waals surface area contributed by atoms with Gasteiger partial charge in [0.05, 0.1) is 17.4 Å². The Morgan fingerprint density at radius 2 is 2.15 bits per heavy atom. The highest BCUT2D eigenvalue weighted by Crippen LogP contribution is 2.23. The second kappa shape index (κ2) is 7.75. The number of hydrogen-bond donors (Lipinski definition) is 1. The standard InChI is InChI=1S/C20H24N6O/c1-24-12-4-6-19(24)20(27)22-10-7-17-14-25(13-16-5-2-3-9-21-16)15-18-8-11-23-26(17)18/h2-6,8-9,11-12,17H,7,10,13-15H2,1H3,(H,22,27)/t17-/m0/s1. The van der Waals surface area contributed by atoms with Crippen molar-refractivity contribution in [3.63, 3.8) is 0 Å². The molecule has 7 nitrogen and oxygen atoms in total. The zero-order valence-electron chi connectivity index (χ0n) is 15.5. The van der Waals surface area contributed by atoms with Crippen LogP contribution in [-0.2, 0) is 20.1 Å². The van der Waals surface area contributed by atoms with E-state index in [1.165, 1.54) is 5.69 Å². The first-order valence-corrected chi connectivity index (χ1v) is 9.25. The maximum Gasteiger partial charge on any atom is 0.267 e. The van der Waals surface area contributed by atoms with E-state index in [4.69, 9.17) is 0 Å². The Hall–Kier alpha value is -2.93. The number of carbonyl (C=O) groups excluding carboxylic acids is 1. The van der Waals surface area contributed by atoms with Crippen molar-refractivity contribution in [1.29, 1.82) is 0 Å². The number of pyridine rings is 1. The van der Waals surface area contributed by atoms with Crippen LogP contribution in [0.3, 0.4) is 0 Å². The molecule has 0 saturated carbocycles. The van der Waals surface area contributed by atoms with E-state index in [0.29, 0.717) is 12.2 Å². The largest absolute Gasteiger partial charge is 0.351 e. The first-order valence-electron chi connectivity index (χ1n) is 9.25. The molecule has 140 valence electrons. The van der Waals surface area contributed by atoms with Crippen molar-refractivity contribution in [2.24, 2.45) is 7.05 Å². The van der Waals surface area contributed by atoms with Crippen LogP contribution < -0.4 is 5.32 Å². The van der Waals surface area contributed by atoms with Gasteiger partial charge in [0.25, 0.3) is 5.91 Å². The molecule has 1 N–H and O–H groups in total. The van der Waals surface area contributed by atoms with Crippen LogP contribution in [0.5, 0.6) is 0 Å². The fraction of sp³-hybridized carbons (Fsp3) is 0.350. The highest BCUT2D eigenvalue weighted by molar-refractivity contribution is 5.92. The van der Waals surface area contributed by atoms with Crippen LogP contribution in [0.25, 0.3) is 0 Å². The molecule has 1 atom stereocenters. The zero-order chi connectivity index (χ0) is 18.6. The molecule has 3 aromatic heterocycles. The van der Waals surface area contributed by atoms with Crippen LogP contribution in [0.15, 0.2) is 55.0 Å². The minimum absolute atomic E-state index is 0.0376. The first kappa shape index (κ1) is 17.5. The quantitative estimate of drug-likeness (QED) is 0.726. The summed E-state index contributed by atoms with van der Waals surface area (Å²) in [6.07, 6.45) is 6.40. The van der Waals surface area contributed by atoms with Crippen LogP contribution in [0.2, 0.25) is 0 Å². The molecular weight excluding hydrogens is 340 g/mol. The van der Waals surface area contributed by atoms with E-state index < -0.39 is 0 Å². The second-order valence-electron chi connectivity index (χ2n) is 6.96. The normalized spacial score (nSPS) is 16.9. The van der Waals surface area contributed by atoms with Crippen molar-refractivity contribution in [2.75, 3.05) is 13.1 Å². The van der Waals surface area contributed by atoms with Crippen molar-refractivity contribution < 1.29 is 4.79 Å². The average molecular weight is 364 g/mol. The van der Waals surface area contributed by atoms with Crippen LogP contribution in [-0.4, -0.2) is 43.2 Å². The van der Waals surface area contributed by atoms with Crippen LogP contribution in [0.1, 0.15) is 34.3 Å². The van der Waals surface area contributed by atoms with Gasteiger partial charge in [0, 0.05) is 51.8 Å². The lowest BCUT2D eigenvalue weighted by atomic mass is 10.1. The predicted octanol–water partition coefficient (Wildman–Crippen LogP) is 1.99. The molecule has 0 spiro atoms. The molecule has 4 rings (SSSR count). The fourth-order valence-electron chi connectivity index (χ4n) is 3.66. The van der Waals surface area contributed by atoms with E-state index in [2.05, 4.69) is 37.1 Å². The number of rotatable bonds is 6. The summed E-state index contributed by atoms with van der Waals surface area (Å²) in [6.45, 7) is 3.19. The van der Waals surface area contributed by atoms with E-state index in [9.17, 15) is 4.79 Å². The zero-order valence-corrected chi connectivity index (χ0v) is 15.5. The molecule has 27 heavy (non-hydrogen) atoms. The van der Waals surface area contributed by atoms with Gasteiger partial charge in [0.2, 0.25) is 0 Å². The van der Waals surface area contributed by atoms with E-state index in [1.54, 1.807) is 0 Å². The molecule has 1 aliphatic heterocycles. The Labute approximate surface area is 158 Å². The number of aromatic nitrogens is 4. The molecule has 1 aliphatic rings. The number of aryl methyl sites for hydroxylation is 1. The lowest BCUT2D eigenvalue weighted by Gasteiger charge is -2.33. The minimum Gasteiger partial charge on any atom is -0.351 e. The van der Waals surface area contributed by atoms with Crippen molar-refractivity contribution in [2.45, 2.75) is 25.6 Å². The summed E-state index contributed by atoms with van der Waals surface area (Å²) < 4.78 is 3.93.